The molecule has 2 fully saturated rings. The first-order valence-electron chi connectivity index (χ1n) is 14.8. The summed E-state index contributed by atoms with van der Waals surface area (Å²) >= 11 is 1.75. The van der Waals surface area contributed by atoms with Gasteiger partial charge >= 0.3 is 0 Å². The molecule has 4 aromatic rings. The quantitative estimate of drug-likeness (QED) is 0.274. The van der Waals surface area contributed by atoms with Gasteiger partial charge in [0, 0.05) is 81.0 Å². The molecule has 2 saturated heterocycles. The van der Waals surface area contributed by atoms with E-state index in [4.69, 9.17) is 14.7 Å². The van der Waals surface area contributed by atoms with Crippen LogP contribution in [-0.4, -0.2) is 120 Å². The van der Waals surface area contributed by atoms with Crippen molar-refractivity contribution >= 4 is 50.0 Å². The number of hydrogen-bond acceptors (Lipinski definition) is 10. The van der Waals surface area contributed by atoms with E-state index in [1.165, 1.54) is 4.88 Å². The number of H-pyrrole nitrogens is 1. The highest BCUT2D eigenvalue weighted by Crippen LogP contribution is 2.36. The van der Waals surface area contributed by atoms with Crippen LogP contribution in [0.3, 0.4) is 0 Å². The average Bonchev–Trinajstić information content (AvgIpc) is 3.67. The van der Waals surface area contributed by atoms with Crippen LogP contribution < -0.4 is 4.90 Å². The van der Waals surface area contributed by atoms with E-state index < -0.39 is 0 Å². The van der Waals surface area contributed by atoms with Gasteiger partial charge in [0.15, 0.2) is 17.4 Å². The minimum absolute atomic E-state index is 0.00255. The maximum absolute atomic E-state index is 12.8. The van der Waals surface area contributed by atoms with Crippen molar-refractivity contribution in [2.45, 2.75) is 19.4 Å². The van der Waals surface area contributed by atoms with Gasteiger partial charge in [-0.2, -0.15) is 5.10 Å². The number of anilines is 1. The number of aromatic amines is 1. The van der Waals surface area contributed by atoms with Crippen molar-refractivity contribution in [3.63, 3.8) is 0 Å². The first-order valence-corrected chi connectivity index (χ1v) is 15.7. The van der Waals surface area contributed by atoms with Gasteiger partial charge in [0.25, 0.3) is 0 Å². The average molecular weight is 603 g/mol. The third kappa shape index (κ3) is 6.93. The van der Waals surface area contributed by atoms with E-state index in [-0.39, 0.29) is 24.5 Å². The molecular weight excluding hydrogens is 564 g/mol. The summed E-state index contributed by atoms with van der Waals surface area (Å²) in [4.78, 5) is 44.8. The van der Waals surface area contributed by atoms with E-state index in [0.717, 1.165) is 65.2 Å². The number of allylic oxidation sites excluding steroid dienone is 1. The summed E-state index contributed by atoms with van der Waals surface area (Å²) in [7, 11) is 3.91. The van der Waals surface area contributed by atoms with Crippen molar-refractivity contribution in [2.24, 2.45) is 0 Å². The second-order valence-electron chi connectivity index (χ2n) is 11.3. The van der Waals surface area contributed by atoms with Gasteiger partial charge in [0.05, 0.1) is 35.1 Å². The molecule has 6 rings (SSSR count). The lowest BCUT2D eigenvalue weighted by molar-refractivity contribution is -0.134. The molecule has 2 aliphatic heterocycles. The number of ketones is 1. The minimum atomic E-state index is 0.00255. The SMILES string of the molecule is CN(C)C/C=C/C(=O)CCC(=O)N1CCN(Cc2cc3nc(-c4cccc5[nH]ncc45)nc(N4CCOCC4)c3s2)CC1. The third-order valence-corrected chi connectivity index (χ3v) is 9.01. The van der Waals surface area contributed by atoms with Crippen LogP contribution in [0.4, 0.5) is 5.82 Å². The predicted molar refractivity (Wildman–Crippen MR) is 169 cm³/mol. The zero-order valence-corrected chi connectivity index (χ0v) is 25.6. The summed E-state index contributed by atoms with van der Waals surface area (Å²) < 4.78 is 6.72. The van der Waals surface area contributed by atoms with Gasteiger partial charge in [-0.25, -0.2) is 9.97 Å². The van der Waals surface area contributed by atoms with Crippen LogP contribution in [0, 0.1) is 0 Å². The summed E-state index contributed by atoms with van der Waals surface area (Å²) in [5.74, 6) is 1.72. The van der Waals surface area contributed by atoms with Crippen molar-refractivity contribution in [1.82, 2.24) is 34.9 Å². The van der Waals surface area contributed by atoms with Crippen LogP contribution >= 0.6 is 11.3 Å². The monoisotopic (exact) mass is 602 g/mol. The summed E-state index contributed by atoms with van der Waals surface area (Å²) in [6, 6.07) is 8.25. The lowest BCUT2D eigenvalue weighted by atomic mass is 10.1. The molecule has 0 unspecified atom stereocenters. The normalized spacial score (nSPS) is 16.7. The summed E-state index contributed by atoms with van der Waals surface area (Å²) in [5, 5.41) is 8.28. The van der Waals surface area contributed by atoms with Gasteiger partial charge in [0.1, 0.15) is 0 Å². The molecule has 5 heterocycles. The van der Waals surface area contributed by atoms with Crippen molar-refractivity contribution < 1.29 is 14.3 Å². The van der Waals surface area contributed by atoms with E-state index in [0.29, 0.717) is 38.7 Å². The Morgan fingerprint density at radius 2 is 1.88 bits per heavy atom. The van der Waals surface area contributed by atoms with E-state index in [1.807, 2.05) is 54.4 Å². The Morgan fingerprint density at radius 3 is 2.67 bits per heavy atom. The van der Waals surface area contributed by atoms with Crippen molar-refractivity contribution in [1.29, 1.82) is 0 Å². The number of morpholine rings is 1. The Hall–Kier alpha value is -3.71. The third-order valence-electron chi connectivity index (χ3n) is 7.91. The first kappa shape index (κ1) is 29.4. The van der Waals surface area contributed by atoms with E-state index in [1.54, 1.807) is 17.4 Å². The van der Waals surface area contributed by atoms with Crippen LogP contribution in [0.25, 0.3) is 32.5 Å². The van der Waals surface area contributed by atoms with Crippen LogP contribution in [0.15, 0.2) is 42.6 Å². The van der Waals surface area contributed by atoms with E-state index >= 15 is 0 Å². The highest BCUT2D eigenvalue weighted by atomic mass is 32.1. The van der Waals surface area contributed by atoms with Gasteiger partial charge in [0.2, 0.25) is 5.91 Å². The number of nitrogens with one attached hydrogen (secondary N) is 1. The zero-order valence-electron chi connectivity index (χ0n) is 24.8. The van der Waals surface area contributed by atoms with E-state index in [2.05, 4.69) is 26.1 Å². The Morgan fingerprint density at radius 1 is 1.07 bits per heavy atom. The van der Waals surface area contributed by atoms with Gasteiger partial charge in [-0.1, -0.05) is 18.2 Å². The summed E-state index contributed by atoms with van der Waals surface area (Å²) in [6.07, 6.45) is 5.78. The molecule has 0 aliphatic carbocycles. The molecule has 226 valence electrons. The second-order valence-corrected chi connectivity index (χ2v) is 12.5. The molecule has 3 aromatic heterocycles. The molecule has 0 bridgehead atoms. The number of carbonyl (C=O) groups is 2. The maximum Gasteiger partial charge on any atom is 0.223 e. The second kappa shape index (κ2) is 13.3. The molecule has 43 heavy (non-hydrogen) atoms. The number of likely N-dealkylation sites (N-methyl/N-ethyl adjacent to an activating group) is 1. The van der Waals surface area contributed by atoms with Crippen molar-refractivity contribution in [3.8, 4) is 11.4 Å². The van der Waals surface area contributed by atoms with Crippen LogP contribution in [0.5, 0.6) is 0 Å². The number of piperazine rings is 1. The number of rotatable bonds is 10. The number of benzene rings is 1. The highest BCUT2D eigenvalue weighted by Gasteiger charge is 2.24. The van der Waals surface area contributed by atoms with Crippen LogP contribution in [0.2, 0.25) is 0 Å². The number of fused-ring (bicyclic) bond motifs is 2. The lowest BCUT2D eigenvalue weighted by Crippen LogP contribution is -2.48. The molecule has 11 nitrogen and oxygen atoms in total. The summed E-state index contributed by atoms with van der Waals surface area (Å²) in [6.45, 7) is 7.41. The Kier molecular flexibility index (Phi) is 9.08. The fourth-order valence-electron chi connectivity index (χ4n) is 5.56. The standard InChI is InChI=1S/C31H38N8O3S/c1-36(2)10-4-5-22(40)8-9-28(41)38-13-11-37(12-14-38)21-23-19-27-29(43-23)31(39-15-17-42-18-16-39)34-30(33-27)24-6-3-7-26-25(24)20-32-35-26/h3-7,19-20H,8-18,21H2,1-2H3,(H,32,35)/b5-4+. The van der Waals surface area contributed by atoms with Gasteiger partial charge in [-0.3, -0.25) is 19.6 Å². The fourth-order valence-corrected chi connectivity index (χ4v) is 6.71. The minimum Gasteiger partial charge on any atom is -0.378 e. The number of ether oxygens (including phenoxy) is 1. The predicted octanol–water partition coefficient (Wildman–Crippen LogP) is 3.18. The Labute approximate surface area is 255 Å². The number of nitrogens with zero attached hydrogens (tertiary/aromatic N) is 7. The smallest absolute Gasteiger partial charge is 0.223 e. The Balaban J connectivity index is 1.13. The van der Waals surface area contributed by atoms with E-state index in [9.17, 15) is 9.59 Å². The number of carbonyl (C=O) groups excluding carboxylic acids is 2. The molecule has 0 saturated carbocycles. The zero-order chi connectivity index (χ0) is 29.8. The molecule has 2 aliphatic rings. The van der Waals surface area contributed by atoms with Gasteiger partial charge < -0.3 is 19.4 Å². The lowest BCUT2D eigenvalue weighted by Gasteiger charge is -2.34. The molecule has 0 radical (unpaired) electrons. The number of thiophene rings is 1. The van der Waals surface area contributed by atoms with Crippen molar-refractivity contribution in [3.05, 3.63) is 47.5 Å². The molecule has 1 N–H and O–H groups in total. The molecule has 12 heteroatoms. The highest BCUT2D eigenvalue weighted by molar-refractivity contribution is 7.19. The number of hydrogen-bond donors (Lipinski definition) is 1. The Bertz CT molecular complexity index is 1620. The topological polar surface area (TPSA) is 111 Å². The van der Waals surface area contributed by atoms with Crippen LogP contribution in [0.1, 0.15) is 17.7 Å². The molecule has 1 aromatic carbocycles. The molecule has 0 spiro atoms. The maximum atomic E-state index is 12.8. The molecule has 1 amide bonds. The summed E-state index contributed by atoms with van der Waals surface area (Å²) in [5.41, 5.74) is 2.87. The number of amides is 1. The first-order chi connectivity index (χ1) is 20.9. The molecular formula is C31H38N8O3S. The van der Waals surface area contributed by atoms with Crippen molar-refractivity contribution in [2.75, 3.05) is 78.0 Å². The van der Waals surface area contributed by atoms with Gasteiger partial charge in [-0.15, -0.1) is 11.3 Å². The van der Waals surface area contributed by atoms with Crippen LogP contribution in [-0.2, 0) is 20.9 Å². The number of aromatic nitrogens is 4. The fraction of sp³-hybridized carbons (Fsp3) is 0.452. The largest absolute Gasteiger partial charge is 0.378 e. The van der Waals surface area contributed by atoms with Gasteiger partial charge in [-0.05, 0) is 32.3 Å². The molecule has 0 atom stereocenters.